The highest BCUT2D eigenvalue weighted by molar-refractivity contribution is 6.29. The number of aromatic nitrogens is 2. The summed E-state index contributed by atoms with van der Waals surface area (Å²) >= 11 is 5.67. The van der Waals surface area contributed by atoms with Crippen LogP contribution in [0.2, 0.25) is 5.15 Å². The third-order valence-electron chi connectivity index (χ3n) is 2.05. The molecule has 0 saturated heterocycles. The zero-order valence-corrected chi connectivity index (χ0v) is 10.4. The van der Waals surface area contributed by atoms with Crippen molar-refractivity contribution in [1.82, 2.24) is 19.8 Å². The molecule has 1 heterocycles. The van der Waals surface area contributed by atoms with Gasteiger partial charge in [-0.1, -0.05) is 11.6 Å². The second-order valence-electron chi connectivity index (χ2n) is 3.76. The van der Waals surface area contributed by atoms with Crippen LogP contribution in [0.3, 0.4) is 0 Å². The first-order chi connectivity index (χ1) is 7.50. The molecule has 0 fully saturated rings. The van der Waals surface area contributed by atoms with Gasteiger partial charge >= 0.3 is 0 Å². The summed E-state index contributed by atoms with van der Waals surface area (Å²) in [5.74, 6) is -0.170. The van der Waals surface area contributed by atoms with Gasteiger partial charge < -0.3 is 9.80 Å². The number of hydrogen-bond acceptors (Lipinski definition) is 4. The summed E-state index contributed by atoms with van der Waals surface area (Å²) in [4.78, 5) is 23.2. The minimum Gasteiger partial charge on any atom is -0.339 e. The number of halogens is 1. The topological polar surface area (TPSA) is 49.3 Å². The molecule has 1 aromatic rings. The van der Waals surface area contributed by atoms with Crippen molar-refractivity contribution in [2.45, 2.75) is 0 Å². The third-order valence-corrected chi connectivity index (χ3v) is 2.24. The molecule has 16 heavy (non-hydrogen) atoms. The molecule has 0 spiro atoms. The van der Waals surface area contributed by atoms with Gasteiger partial charge in [-0.25, -0.2) is 4.98 Å². The maximum atomic E-state index is 11.9. The van der Waals surface area contributed by atoms with Crippen LogP contribution in [0.25, 0.3) is 0 Å². The molecule has 0 bridgehead atoms. The van der Waals surface area contributed by atoms with Crippen molar-refractivity contribution in [3.63, 3.8) is 0 Å². The lowest BCUT2D eigenvalue weighted by atomic mass is 10.4. The van der Waals surface area contributed by atoms with Crippen molar-refractivity contribution < 1.29 is 4.79 Å². The second kappa shape index (κ2) is 5.77. The Bertz CT molecular complexity index is 370. The molecule has 1 aromatic heterocycles. The van der Waals surface area contributed by atoms with E-state index in [0.29, 0.717) is 6.54 Å². The Hall–Kier alpha value is -1.20. The van der Waals surface area contributed by atoms with Crippen LogP contribution in [0.15, 0.2) is 12.4 Å². The SMILES string of the molecule is CN(C)CCN(C)C(=O)c1cncc(Cl)n1. The van der Waals surface area contributed by atoms with Crippen molar-refractivity contribution in [3.8, 4) is 0 Å². The van der Waals surface area contributed by atoms with E-state index in [9.17, 15) is 4.79 Å². The molecule has 0 aliphatic heterocycles. The molecule has 0 N–H and O–H groups in total. The van der Waals surface area contributed by atoms with Gasteiger partial charge in [-0.3, -0.25) is 9.78 Å². The Balaban J connectivity index is 2.63. The van der Waals surface area contributed by atoms with Gasteiger partial charge in [0.15, 0.2) is 0 Å². The van der Waals surface area contributed by atoms with Crippen LogP contribution in [0.5, 0.6) is 0 Å². The smallest absolute Gasteiger partial charge is 0.273 e. The highest BCUT2D eigenvalue weighted by atomic mass is 35.5. The lowest BCUT2D eigenvalue weighted by molar-refractivity contribution is 0.0780. The van der Waals surface area contributed by atoms with Crippen LogP contribution < -0.4 is 0 Å². The molecule has 0 aliphatic carbocycles. The van der Waals surface area contributed by atoms with Crippen molar-refractivity contribution in [2.24, 2.45) is 0 Å². The number of likely N-dealkylation sites (N-methyl/N-ethyl adjacent to an activating group) is 2. The second-order valence-corrected chi connectivity index (χ2v) is 4.14. The minimum atomic E-state index is -0.170. The first-order valence-corrected chi connectivity index (χ1v) is 5.26. The van der Waals surface area contributed by atoms with E-state index in [1.54, 1.807) is 11.9 Å². The fourth-order valence-corrected chi connectivity index (χ4v) is 1.24. The van der Waals surface area contributed by atoms with Gasteiger partial charge in [-0.15, -0.1) is 0 Å². The Morgan fingerprint density at radius 2 is 2.00 bits per heavy atom. The summed E-state index contributed by atoms with van der Waals surface area (Å²) in [5.41, 5.74) is 0.272. The Kier molecular flexibility index (Phi) is 4.64. The molecule has 0 atom stereocenters. The van der Waals surface area contributed by atoms with E-state index < -0.39 is 0 Å². The predicted molar refractivity (Wildman–Crippen MR) is 62.6 cm³/mol. The van der Waals surface area contributed by atoms with Crippen molar-refractivity contribution in [2.75, 3.05) is 34.2 Å². The van der Waals surface area contributed by atoms with Gasteiger partial charge in [0.1, 0.15) is 10.8 Å². The van der Waals surface area contributed by atoms with Crippen molar-refractivity contribution in [3.05, 3.63) is 23.2 Å². The Morgan fingerprint density at radius 3 is 2.56 bits per heavy atom. The van der Waals surface area contributed by atoms with E-state index in [-0.39, 0.29) is 16.8 Å². The number of rotatable bonds is 4. The van der Waals surface area contributed by atoms with E-state index >= 15 is 0 Å². The molecular weight excluding hydrogens is 228 g/mol. The van der Waals surface area contributed by atoms with Gasteiger partial charge in [0.05, 0.1) is 12.4 Å². The van der Waals surface area contributed by atoms with Crippen LogP contribution in [0, 0.1) is 0 Å². The van der Waals surface area contributed by atoms with Gasteiger partial charge in [-0.05, 0) is 14.1 Å². The fraction of sp³-hybridized carbons (Fsp3) is 0.500. The zero-order chi connectivity index (χ0) is 12.1. The van der Waals surface area contributed by atoms with Crippen molar-refractivity contribution in [1.29, 1.82) is 0 Å². The summed E-state index contributed by atoms with van der Waals surface area (Å²) in [6.07, 6.45) is 2.82. The largest absolute Gasteiger partial charge is 0.339 e. The third kappa shape index (κ3) is 3.75. The summed E-state index contributed by atoms with van der Waals surface area (Å²) in [6, 6.07) is 0. The highest BCUT2D eigenvalue weighted by Crippen LogP contribution is 2.04. The number of nitrogens with zero attached hydrogens (tertiary/aromatic N) is 4. The van der Waals surface area contributed by atoms with Crippen LogP contribution in [0.4, 0.5) is 0 Å². The maximum absolute atomic E-state index is 11.9. The minimum absolute atomic E-state index is 0.170. The van der Waals surface area contributed by atoms with E-state index in [0.717, 1.165) is 6.54 Å². The highest BCUT2D eigenvalue weighted by Gasteiger charge is 2.13. The molecule has 6 heteroatoms. The van der Waals surface area contributed by atoms with Crippen molar-refractivity contribution >= 4 is 17.5 Å². The molecule has 5 nitrogen and oxygen atoms in total. The number of carbonyl (C=O) groups excluding carboxylic acids is 1. The summed E-state index contributed by atoms with van der Waals surface area (Å²) in [7, 11) is 5.64. The van der Waals surface area contributed by atoms with E-state index in [1.807, 2.05) is 19.0 Å². The Labute approximate surface area is 100 Å². The molecule has 88 valence electrons. The fourth-order valence-electron chi connectivity index (χ4n) is 1.09. The zero-order valence-electron chi connectivity index (χ0n) is 9.64. The number of carbonyl (C=O) groups is 1. The summed E-state index contributed by atoms with van der Waals surface area (Å²) in [6.45, 7) is 1.44. The van der Waals surface area contributed by atoms with Crippen LogP contribution in [0.1, 0.15) is 10.5 Å². The van der Waals surface area contributed by atoms with Gasteiger partial charge in [0, 0.05) is 20.1 Å². The molecule has 0 unspecified atom stereocenters. The van der Waals surface area contributed by atoms with E-state index in [2.05, 4.69) is 9.97 Å². The lowest BCUT2D eigenvalue weighted by Gasteiger charge is -2.19. The molecule has 0 aromatic carbocycles. The molecule has 0 radical (unpaired) electrons. The van der Waals surface area contributed by atoms with Crippen LogP contribution in [-0.2, 0) is 0 Å². The number of amides is 1. The average Bonchev–Trinajstić information content (AvgIpc) is 2.24. The first kappa shape index (κ1) is 12.9. The maximum Gasteiger partial charge on any atom is 0.273 e. The molecule has 0 saturated carbocycles. The molecular formula is C10H15ClN4O. The van der Waals surface area contributed by atoms with Crippen LogP contribution in [-0.4, -0.2) is 59.9 Å². The standard InChI is InChI=1S/C10H15ClN4O/c1-14(2)4-5-15(3)10(16)8-6-12-7-9(11)13-8/h6-7H,4-5H2,1-3H3. The number of hydrogen-bond donors (Lipinski definition) is 0. The van der Waals surface area contributed by atoms with Crippen LogP contribution >= 0.6 is 11.6 Å². The quantitative estimate of drug-likeness (QED) is 0.783. The lowest BCUT2D eigenvalue weighted by Crippen LogP contribution is -2.34. The monoisotopic (exact) mass is 242 g/mol. The molecule has 1 amide bonds. The van der Waals surface area contributed by atoms with E-state index in [1.165, 1.54) is 12.4 Å². The Morgan fingerprint density at radius 1 is 1.31 bits per heavy atom. The summed E-state index contributed by atoms with van der Waals surface area (Å²) < 4.78 is 0. The van der Waals surface area contributed by atoms with Gasteiger partial charge in [-0.2, -0.15) is 0 Å². The molecule has 0 aliphatic rings. The normalized spacial score (nSPS) is 10.6. The summed E-state index contributed by atoms with van der Waals surface area (Å²) in [5, 5.41) is 0.229. The first-order valence-electron chi connectivity index (χ1n) is 4.88. The average molecular weight is 243 g/mol. The van der Waals surface area contributed by atoms with E-state index in [4.69, 9.17) is 11.6 Å². The predicted octanol–water partition coefficient (Wildman–Crippen LogP) is 0.764. The van der Waals surface area contributed by atoms with Gasteiger partial charge in [0.25, 0.3) is 5.91 Å². The van der Waals surface area contributed by atoms with Gasteiger partial charge in [0.2, 0.25) is 0 Å². The molecule has 1 rings (SSSR count).